The molecule has 0 aliphatic heterocycles. The Morgan fingerprint density at radius 2 is 2.12 bits per heavy atom. The molecule has 2 aromatic rings. The lowest BCUT2D eigenvalue weighted by Gasteiger charge is -2.04. The third kappa shape index (κ3) is 2.48. The molecular formula is C13H14O3S. The molecule has 0 N–H and O–H groups in total. The maximum atomic E-state index is 11.5. The van der Waals surface area contributed by atoms with Crippen molar-refractivity contribution in [3.05, 3.63) is 29.1 Å². The molecule has 2 rings (SSSR count). The van der Waals surface area contributed by atoms with Crippen LogP contribution in [0.25, 0.3) is 10.1 Å². The van der Waals surface area contributed by atoms with Crippen LogP contribution < -0.4 is 4.74 Å². The molecule has 17 heavy (non-hydrogen) atoms. The Morgan fingerprint density at radius 1 is 1.35 bits per heavy atom. The number of rotatable bonds is 4. The van der Waals surface area contributed by atoms with Gasteiger partial charge in [-0.05, 0) is 18.6 Å². The minimum atomic E-state index is -0.356. The minimum absolute atomic E-state index is 0.0205. The molecule has 0 saturated carbocycles. The third-order valence-electron chi connectivity index (χ3n) is 2.42. The lowest BCUT2D eigenvalue weighted by Crippen LogP contribution is -2.14. The highest BCUT2D eigenvalue weighted by atomic mass is 32.1. The number of thiophene rings is 1. The molecule has 0 bridgehead atoms. The first kappa shape index (κ1) is 12.1. The summed E-state index contributed by atoms with van der Waals surface area (Å²) < 4.78 is 11.3. The molecule has 90 valence electrons. The van der Waals surface area contributed by atoms with Gasteiger partial charge in [0.2, 0.25) is 0 Å². The van der Waals surface area contributed by atoms with Crippen LogP contribution in [-0.4, -0.2) is 19.7 Å². The van der Waals surface area contributed by atoms with Crippen molar-refractivity contribution in [2.24, 2.45) is 0 Å². The summed E-state index contributed by atoms with van der Waals surface area (Å²) in [5.41, 5.74) is 0. The van der Waals surface area contributed by atoms with E-state index in [4.69, 9.17) is 9.47 Å². The quantitative estimate of drug-likeness (QED) is 0.782. The van der Waals surface area contributed by atoms with Crippen LogP contribution >= 0.6 is 11.3 Å². The lowest BCUT2D eigenvalue weighted by molar-refractivity contribution is -0.138. The number of aryl methyl sites for hydroxylation is 1. The summed E-state index contributed by atoms with van der Waals surface area (Å²) in [6, 6.07) is 7.94. The summed E-state index contributed by atoms with van der Waals surface area (Å²) in [6.07, 6.45) is 0.856. The van der Waals surface area contributed by atoms with Gasteiger partial charge in [0, 0.05) is 22.1 Å². The minimum Gasteiger partial charge on any atom is -0.423 e. The first-order valence-corrected chi connectivity index (χ1v) is 6.28. The van der Waals surface area contributed by atoms with Gasteiger partial charge in [0.25, 0.3) is 0 Å². The average Bonchev–Trinajstić information content (AvgIpc) is 2.68. The van der Waals surface area contributed by atoms with Crippen molar-refractivity contribution >= 4 is 27.4 Å². The summed E-state index contributed by atoms with van der Waals surface area (Å²) >= 11 is 1.67. The van der Waals surface area contributed by atoms with Crippen molar-refractivity contribution in [1.82, 2.24) is 0 Å². The molecule has 0 unspecified atom stereocenters. The van der Waals surface area contributed by atoms with E-state index in [1.807, 2.05) is 24.3 Å². The van der Waals surface area contributed by atoms with Gasteiger partial charge in [-0.3, -0.25) is 0 Å². The van der Waals surface area contributed by atoms with Crippen molar-refractivity contribution in [2.75, 3.05) is 13.7 Å². The zero-order chi connectivity index (χ0) is 12.3. The number of hydrogen-bond donors (Lipinski definition) is 0. The van der Waals surface area contributed by atoms with E-state index in [1.165, 1.54) is 7.11 Å². The van der Waals surface area contributed by atoms with Gasteiger partial charge in [0.05, 0.1) is 0 Å². The first-order valence-electron chi connectivity index (χ1n) is 5.46. The Balaban J connectivity index is 2.39. The molecule has 3 nitrogen and oxygen atoms in total. The first-order chi connectivity index (χ1) is 8.26. The Hall–Kier alpha value is -1.39. The zero-order valence-corrected chi connectivity index (χ0v) is 10.7. The topological polar surface area (TPSA) is 35.5 Å². The third-order valence-corrected chi connectivity index (χ3v) is 3.71. The fourth-order valence-electron chi connectivity index (χ4n) is 1.68. The number of methoxy groups -OCH3 is 1. The van der Waals surface area contributed by atoms with Gasteiger partial charge in [-0.2, -0.15) is 0 Å². The highest BCUT2D eigenvalue weighted by Gasteiger charge is 2.15. The smallest absolute Gasteiger partial charge is 0.337 e. The second-order valence-corrected chi connectivity index (χ2v) is 4.75. The summed E-state index contributed by atoms with van der Waals surface area (Å²) in [5.74, 6) is 0.334. The van der Waals surface area contributed by atoms with E-state index < -0.39 is 0 Å². The van der Waals surface area contributed by atoms with Crippen LogP contribution in [-0.2, 0) is 16.0 Å². The van der Waals surface area contributed by atoms with Crippen LogP contribution in [0.2, 0.25) is 0 Å². The van der Waals surface area contributed by atoms with Gasteiger partial charge in [0.1, 0.15) is 6.61 Å². The Labute approximate surface area is 104 Å². The number of carbonyl (C=O) groups is 1. The van der Waals surface area contributed by atoms with E-state index in [1.54, 1.807) is 11.3 Å². The van der Waals surface area contributed by atoms with E-state index in [2.05, 4.69) is 6.92 Å². The number of carbonyl (C=O) groups excluding carboxylic acids is 1. The molecule has 0 fully saturated rings. The summed E-state index contributed by atoms with van der Waals surface area (Å²) in [7, 11) is 1.48. The molecule has 1 aromatic heterocycles. The predicted octanol–water partition coefficient (Wildman–Crippen LogP) is 3.02. The second kappa shape index (κ2) is 5.29. The molecule has 0 amide bonds. The molecule has 1 heterocycles. The highest BCUT2D eigenvalue weighted by molar-refractivity contribution is 7.19. The summed E-state index contributed by atoms with van der Waals surface area (Å²) in [5, 5.41) is 0.999. The molecule has 0 aliphatic rings. The van der Waals surface area contributed by atoms with Crippen molar-refractivity contribution in [3.8, 4) is 5.75 Å². The van der Waals surface area contributed by atoms with Gasteiger partial charge in [0.15, 0.2) is 5.75 Å². The predicted molar refractivity (Wildman–Crippen MR) is 68.7 cm³/mol. The van der Waals surface area contributed by atoms with E-state index in [9.17, 15) is 4.79 Å². The normalized spacial score (nSPS) is 10.7. The maximum absolute atomic E-state index is 11.5. The van der Waals surface area contributed by atoms with Crippen molar-refractivity contribution in [1.29, 1.82) is 0 Å². The van der Waals surface area contributed by atoms with Gasteiger partial charge in [-0.15, -0.1) is 11.3 Å². The zero-order valence-electron chi connectivity index (χ0n) is 9.86. The molecule has 0 spiro atoms. The van der Waals surface area contributed by atoms with E-state index in [-0.39, 0.29) is 12.6 Å². The second-order valence-electron chi connectivity index (χ2n) is 3.61. The fraction of sp³-hybridized carbons (Fsp3) is 0.308. The number of benzene rings is 1. The van der Waals surface area contributed by atoms with Crippen molar-refractivity contribution in [2.45, 2.75) is 13.3 Å². The number of hydrogen-bond acceptors (Lipinski definition) is 4. The van der Waals surface area contributed by atoms with E-state index in [0.717, 1.165) is 21.4 Å². The van der Waals surface area contributed by atoms with Gasteiger partial charge in [-0.25, -0.2) is 4.79 Å². The van der Waals surface area contributed by atoms with Crippen LogP contribution in [0.4, 0.5) is 0 Å². The van der Waals surface area contributed by atoms with Gasteiger partial charge in [-0.1, -0.05) is 19.1 Å². The van der Waals surface area contributed by atoms with E-state index >= 15 is 0 Å². The lowest BCUT2D eigenvalue weighted by atomic mass is 10.2. The number of ether oxygens (including phenoxy) is 2. The largest absolute Gasteiger partial charge is 0.423 e. The maximum Gasteiger partial charge on any atom is 0.337 e. The van der Waals surface area contributed by atoms with Crippen LogP contribution in [0.3, 0.4) is 0 Å². The number of fused-ring (bicyclic) bond motifs is 1. The SMILES string of the molecule is CCc1sc2ccccc2c1OC(=O)COC. The van der Waals surface area contributed by atoms with E-state index in [0.29, 0.717) is 5.75 Å². The summed E-state index contributed by atoms with van der Waals surface area (Å²) in [4.78, 5) is 12.6. The van der Waals surface area contributed by atoms with Crippen LogP contribution in [0.15, 0.2) is 24.3 Å². The van der Waals surface area contributed by atoms with Crippen LogP contribution in [0.1, 0.15) is 11.8 Å². The molecule has 1 aromatic carbocycles. The molecule has 4 heteroatoms. The molecular weight excluding hydrogens is 236 g/mol. The Morgan fingerprint density at radius 3 is 2.82 bits per heavy atom. The molecule has 0 atom stereocenters. The molecule has 0 radical (unpaired) electrons. The molecule has 0 aliphatic carbocycles. The van der Waals surface area contributed by atoms with Crippen molar-refractivity contribution in [3.63, 3.8) is 0 Å². The fourth-order valence-corrected chi connectivity index (χ4v) is 2.75. The molecule has 0 saturated heterocycles. The monoisotopic (exact) mass is 250 g/mol. The van der Waals surface area contributed by atoms with Crippen molar-refractivity contribution < 1.29 is 14.3 Å². The van der Waals surface area contributed by atoms with Gasteiger partial charge >= 0.3 is 5.97 Å². The summed E-state index contributed by atoms with van der Waals surface area (Å²) in [6.45, 7) is 2.03. The Bertz CT molecular complexity index is 530. The highest BCUT2D eigenvalue weighted by Crippen LogP contribution is 2.37. The van der Waals surface area contributed by atoms with Gasteiger partial charge < -0.3 is 9.47 Å². The number of esters is 1. The standard InChI is InChI=1S/C13H14O3S/c1-3-10-13(16-12(14)8-15-2)9-6-4-5-7-11(9)17-10/h4-7H,3,8H2,1-2H3. The van der Waals surface area contributed by atoms with Crippen LogP contribution in [0, 0.1) is 0 Å². The Kier molecular flexibility index (Phi) is 3.76. The van der Waals surface area contributed by atoms with Crippen LogP contribution in [0.5, 0.6) is 5.75 Å². The average molecular weight is 250 g/mol.